The van der Waals surface area contributed by atoms with E-state index >= 15 is 0 Å². The fourth-order valence-electron chi connectivity index (χ4n) is 3.20. The van der Waals surface area contributed by atoms with E-state index < -0.39 is 0 Å². The minimum Gasteiger partial charge on any atom is -0.333 e. The van der Waals surface area contributed by atoms with Crippen LogP contribution in [0.5, 0.6) is 0 Å². The Bertz CT molecular complexity index is 380. The van der Waals surface area contributed by atoms with Gasteiger partial charge in [0.25, 0.3) is 0 Å². The van der Waals surface area contributed by atoms with Crippen LogP contribution in [-0.2, 0) is 19.3 Å². The van der Waals surface area contributed by atoms with Gasteiger partial charge in [-0.25, -0.2) is 0 Å². The summed E-state index contributed by atoms with van der Waals surface area (Å²) in [5, 5.41) is 1.06. The summed E-state index contributed by atoms with van der Waals surface area (Å²) in [5.41, 5.74) is 0. The highest BCUT2D eigenvalue weighted by atomic mass is 17.0. The summed E-state index contributed by atoms with van der Waals surface area (Å²) in [6, 6.07) is 0. The number of carbonyl (C=O) groups excluding carboxylic acids is 2. The van der Waals surface area contributed by atoms with Crippen molar-refractivity contribution in [2.45, 2.75) is 130 Å². The molecule has 0 aliphatic rings. The monoisotopic (exact) mass is 413 g/mol. The molecule has 0 amide bonds. The molecular weight excluding hydrogens is 366 g/mol. The SMILES string of the molecule is CCC(=O)ON(CCCCCCCCCCCCCCCC(C)C)OC(=O)CC. The fraction of sp³-hybridized carbons (Fsp3) is 0.917. The predicted octanol–water partition coefficient (Wildman–Crippen LogP) is 7.14. The average Bonchev–Trinajstić information content (AvgIpc) is 2.70. The molecule has 0 aromatic heterocycles. The van der Waals surface area contributed by atoms with Gasteiger partial charge in [-0.05, 0) is 12.3 Å². The molecule has 0 aliphatic heterocycles. The molecule has 0 aromatic rings. The molecule has 29 heavy (non-hydrogen) atoms. The summed E-state index contributed by atoms with van der Waals surface area (Å²) >= 11 is 0. The molecule has 5 nitrogen and oxygen atoms in total. The first-order valence-corrected chi connectivity index (χ1v) is 12.2. The zero-order chi connectivity index (χ0) is 21.7. The first-order chi connectivity index (χ1) is 14.0. The van der Waals surface area contributed by atoms with Crippen molar-refractivity contribution in [3.63, 3.8) is 0 Å². The number of hydroxylamine groups is 2. The Labute approximate surface area is 179 Å². The maximum absolute atomic E-state index is 11.4. The number of unbranched alkanes of at least 4 members (excludes halogenated alkanes) is 12. The molecular formula is C24H47NO4. The van der Waals surface area contributed by atoms with Gasteiger partial charge in [0.05, 0.1) is 6.54 Å². The quantitative estimate of drug-likeness (QED) is 0.157. The molecule has 5 heteroatoms. The molecule has 0 fully saturated rings. The summed E-state index contributed by atoms with van der Waals surface area (Å²) < 4.78 is 0. The van der Waals surface area contributed by atoms with E-state index in [0.29, 0.717) is 6.54 Å². The van der Waals surface area contributed by atoms with Crippen molar-refractivity contribution in [2.24, 2.45) is 5.92 Å². The number of nitrogens with zero attached hydrogens (tertiary/aromatic N) is 1. The first kappa shape index (κ1) is 27.9. The van der Waals surface area contributed by atoms with Crippen molar-refractivity contribution in [3.05, 3.63) is 0 Å². The van der Waals surface area contributed by atoms with Gasteiger partial charge in [0, 0.05) is 18.1 Å². The summed E-state index contributed by atoms with van der Waals surface area (Å²) in [7, 11) is 0. The van der Waals surface area contributed by atoms with Crippen molar-refractivity contribution >= 4 is 11.9 Å². The third-order valence-corrected chi connectivity index (χ3v) is 5.11. The Morgan fingerprint density at radius 1 is 0.621 bits per heavy atom. The molecule has 0 spiro atoms. The van der Waals surface area contributed by atoms with E-state index in [4.69, 9.17) is 9.68 Å². The Hall–Kier alpha value is -1.10. The lowest BCUT2D eigenvalue weighted by Gasteiger charge is -2.18. The molecule has 0 aromatic carbocycles. The van der Waals surface area contributed by atoms with Crippen molar-refractivity contribution in [1.82, 2.24) is 5.23 Å². The highest BCUT2D eigenvalue weighted by Gasteiger charge is 2.14. The van der Waals surface area contributed by atoms with E-state index in [9.17, 15) is 9.59 Å². The average molecular weight is 414 g/mol. The zero-order valence-corrected chi connectivity index (χ0v) is 19.7. The van der Waals surface area contributed by atoms with Crippen LogP contribution in [0.2, 0.25) is 0 Å². The Morgan fingerprint density at radius 2 is 0.966 bits per heavy atom. The van der Waals surface area contributed by atoms with Gasteiger partial charge >= 0.3 is 11.9 Å². The summed E-state index contributed by atoms with van der Waals surface area (Å²) in [6.07, 6.45) is 18.6. The molecule has 172 valence electrons. The third kappa shape index (κ3) is 20.0. The van der Waals surface area contributed by atoms with Crippen LogP contribution in [0, 0.1) is 5.92 Å². The van der Waals surface area contributed by atoms with Gasteiger partial charge < -0.3 is 9.68 Å². The lowest BCUT2D eigenvalue weighted by atomic mass is 10.0. The Kier molecular flexibility index (Phi) is 19.4. The molecule has 0 heterocycles. The maximum atomic E-state index is 11.4. The van der Waals surface area contributed by atoms with E-state index in [1.807, 2.05) is 0 Å². The molecule has 0 N–H and O–H groups in total. The molecule has 0 saturated heterocycles. The van der Waals surface area contributed by atoms with E-state index in [1.54, 1.807) is 13.8 Å². The van der Waals surface area contributed by atoms with Crippen LogP contribution in [-0.4, -0.2) is 23.7 Å². The predicted molar refractivity (Wildman–Crippen MR) is 119 cm³/mol. The largest absolute Gasteiger partial charge is 0.333 e. The second-order valence-corrected chi connectivity index (χ2v) is 8.47. The summed E-state index contributed by atoms with van der Waals surface area (Å²) in [4.78, 5) is 32.9. The van der Waals surface area contributed by atoms with Crippen LogP contribution in [0.15, 0.2) is 0 Å². The summed E-state index contributed by atoms with van der Waals surface area (Å²) in [6.45, 7) is 8.49. The van der Waals surface area contributed by atoms with E-state index in [0.717, 1.165) is 24.0 Å². The van der Waals surface area contributed by atoms with Crippen LogP contribution < -0.4 is 0 Å². The second kappa shape index (κ2) is 20.2. The number of hydrogen-bond donors (Lipinski definition) is 0. The van der Waals surface area contributed by atoms with Gasteiger partial charge in [-0.3, -0.25) is 9.59 Å². The van der Waals surface area contributed by atoms with Gasteiger partial charge in [0.1, 0.15) is 0 Å². The van der Waals surface area contributed by atoms with Gasteiger partial charge in [-0.2, -0.15) is 0 Å². The molecule has 0 bridgehead atoms. The highest BCUT2D eigenvalue weighted by Crippen LogP contribution is 2.14. The van der Waals surface area contributed by atoms with Gasteiger partial charge in [-0.15, -0.1) is 0 Å². The van der Waals surface area contributed by atoms with Crippen LogP contribution in [0.1, 0.15) is 130 Å². The lowest BCUT2D eigenvalue weighted by Crippen LogP contribution is -2.31. The van der Waals surface area contributed by atoms with E-state index in [1.165, 1.54) is 77.0 Å². The Balaban J connectivity index is 3.49. The highest BCUT2D eigenvalue weighted by molar-refractivity contribution is 5.69. The number of hydrogen-bond acceptors (Lipinski definition) is 5. The van der Waals surface area contributed by atoms with Crippen molar-refractivity contribution in [3.8, 4) is 0 Å². The second-order valence-electron chi connectivity index (χ2n) is 8.47. The first-order valence-electron chi connectivity index (χ1n) is 12.2. The number of rotatable bonds is 20. The molecule has 0 unspecified atom stereocenters. The fourth-order valence-corrected chi connectivity index (χ4v) is 3.20. The van der Waals surface area contributed by atoms with E-state index in [-0.39, 0.29) is 24.8 Å². The minimum absolute atomic E-state index is 0.262. The molecule has 0 radical (unpaired) electrons. The molecule has 0 aliphatic carbocycles. The van der Waals surface area contributed by atoms with Crippen LogP contribution in [0.3, 0.4) is 0 Å². The number of carbonyl (C=O) groups is 2. The minimum atomic E-state index is -0.385. The smallest absolute Gasteiger partial charge is 0.328 e. The maximum Gasteiger partial charge on any atom is 0.328 e. The van der Waals surface area contributed by atoms with Crippen LogP contribution in [0.4, 0.5) is 0 Å². The molecule has 0 rings (SSSR count). The standard InChI is InChI=1S/C24H47NO4/c1-5-23(26)28-25(29-24(27)6-2)21-19-17-15-13-11-9-7-8-10-12-14-16-18-20-22(3)4/h22H,5-21H2,1-4H3. The van der Waals surface area contributed by atoms with Gasteiger partial charge in [-0.1, -0.05) is 111 Å². The summed E-state index contributed by atoms with van der Waals surface area (Å²) in [5.74, 6) is 0.0834. The zero-order valence-electron chi connectivity index (χ0n) is 19.7. The van der Waals surface area contributed by atoms with E-state index in [2.05, 4.69) is 13.8 Å². The molecule has 0 saturated carbocycles. The lowest BCUT2D eigenvalue weighted by molar-refractivity contribution is -0.325. The van der Waals surface area contributed by atoms with Gasteiger partial charge in [0.15, 0.2) is 0 Å². The van der Waals surface area contributed by atoms with Gasteiger partial charge in [0.2, 0.25) is 0 Å². The normalized spacial score (nSPS) is 11.2. The van der Waals surface area contributed by atoms with Crippen molar-refractivity contribution < 1.29 is 19.3 Å². The molecule has 0 atom stereocenters. The van der Waals surface area contributed by atoms with Crippen LogP contribution in [0.25, 0.3) is 0 Å². The Morgan fingerprint density at radius 3 is 1.31 bits per heavy atom. The topological polar surface area (TPSA) is 55.8 Å². The van der Waals surface area contributed by atoms with Crippen LogP contribution >= 0.6 is 0 Å². The van der Waals surface area contributed by atoms with Crippen molar-refractivity contribution in [2.75, 3.05) is 6.54 Å². The van der Waals surface area contributed by atoms with Crippen molar-refractivity contribution in [1.29, 1.82) is 0 Å². The third-order valence-electron chi connectivity index (χ3n) is 5.11.